The smallest absolute Gasteiger partial charge is 0.220 e. The number of anilines is 3. The van der Waals surface area contributed by atoms with E-state index >= 15 is 0 Å². The van der Waals surface area contributed by atoms with E-state index in [1.54, 1.807) is 24.7 Å². The van der Waals surface area contributed by atoms with Crippen molar-refractivity contribution in [3.63, 3.8) is 0 Å². The molecule has 0 aliphatic carbocycles. The predicted octanol–water partition coefficient (Wildman–Crippen LogP) is 0.570. The maximum Gasteiger partial charge on any atom is 0.220 e. The van der Waals surface area contributed by atoms with Crippen molar-refractivity contribution in [2.75, 3.05) is 42.5 Å². The highest BCUT2D eigenvalue weighted by Gasteiger charge is 2.15. The Kier molecular flexibility index (Phi) is 4.28. The molecule has 0 saturated carbocycles. The standard InChI is InChI=1S/C17H19N9/c18-16-21-4-3-13(24-16)12-10-23-17(19)25-15(12)11-1-2-14(22-9-11)26-7-5-20-6-8-26/h1-4,9-10,20H,5-8H2,(H2,18,21,24)(H2,19,23,25). The van der Waals surface area contributed by atoms with E-state index in [1.165, 1.54) is 0 Å². The van der Waals surface area contributed by atoms with E-state index in [0.29, 0.717) is 11.4 Å². The zero-order valence-corrected chi connectivity index (χ0v) is 14.1. The minimum absolute atomic E-state index is 0.192. The SMILES string of the molecule is Nc1nccc(-c2cnc(N)nc2-c2ccc(N3CCNCC3)nc2)n1. The molecule has 132 valence electrons. The van der Waals surface area contributed by atoms with Gasteiger partial charge < -0.3 is 21.7 Å². The predicted molar refractivity (Wildman–Crippen MR) is 100 cm³/mol. The van der Waals surface area contributed by atoms with Gasteiger partial charge in [-0.15, -0.1) is 0 Å². The number of rotatable bonds is 3. The summed E-state index contributed by atoms with van der Waals surface area (Å²) in [5.74, 6) is 1.33. The second kappa shape index (κ2) is 6.89. The normalized spacial score (nSPS) is 14.4. The quantitative estimate of drug-likeness (QED) is 0.620. The lowest BCUT2D eigenvalue weighted by Gasteiger charge is -2.28. The molecule has 1 saturated heterocycles. The van der Waals surface area contributed by atoms with Crippen molar-refractivity contribution in [1.82, 2.24) is 30.2 Å². The van der Waals surface area contributed by atoms with E-state index in [-0.39, 0.29) is 11.9 Å². The molecule has 0 atom stereocenters. The van der Waals surface area contributed by atoms with Crippen LogP contribution in [0.5, 0.6) is 0 Å². The van der Waals surface area contributed by atoms with Crippen LogP contribution in [0, 0.1) is 0 Å². The van der Waals surface area contributed by atoms with Gasteiger partial charge in [-0.1, -0.05) is 0 Å². The average molecular weight is 349 g/mol. The number of pyridine rings is 1. The fraction of sp³-hybridized carbons (Fsp3) is 0.235. The van der Waals surface area contributed by atoms with Crippen LogP contribution in [0.15, 0.2) is 36.8 Å². The highest BCUT2D eigenvalue weighted by Crippen LogP contribution is 2.29. The molecule has 4 rings (SSSR count). The fourth-order valence-corrected chi connectivity index (χ4v) is 2.93. The Labute approximate surface area is 150 Å². The molecule has 3 aromatic heterocycles. The van der Waals surface area contributed by atoms with Gasteiger partial charge in [-0.2, -0.15) is 0 Å². The molecule has 0 radical (unpaired) electrons. The second-order valence-corrected chi connectivity index (χ2v) is 5.93. The third-order valence-corrected chi connectivity index (χ3v) is 4.22. The van der Waals surface area contributed by atoms with E-state index < -0.39 is 0 Å². The van der Waals surface area contributed by atoms with Crippen LogP contribution in [0.1, 0.15) is 0 Å². The van der Waals surface area contributed by atoms with Gasteiger partial charge >= 0.3 is 0 Å². The number of hydrogen-bond donors (Lipinski definition) is 3. The van der Waals surface area contributed by atoms with Crippen molar-refractivity contribution in [2.24, 2.45) is 0 Å². The lowest BCUT2D eigenvalue weighted by Crippen LogP contribution is -2.43. The zero-order valence-electron chi connectivity index (χ0n) is 14.1. The molecule has 5 N–H and O–H groups in total. The Morgan fingerprint density at radius 3 is 2.42 bits per heavy atom. The van der Waals surface area contributed by atoms with E-state index in [2.05, 4.69) is 35.1 Å². The van der Waals surface area contributed by atoms with Crippen LogP contribution in [0.2, 0.25) is 0 Å². The van der Waals surface area contributed by atoms with Crippen LogP contribution in [-0.2, 0) is 0 Å². The summed E-state index contributed by atoms with van der Waals surface area (Å²) in [5, 5.41) is 3.34. The molecular weight excluding hydrogens is 330 g/mol. The van der Waals surface area contributed by atoms with Gasteiger partial charge in [0.05, 0.1) is 11.4 Å². The van der Waals surface area contributed by atoms with Crippen molar-refractivity contribution in [1.29, 1.82) is 0 Å². The minimum Gasteiger partial charge on any atom is -0.368 e. The fourth-order valence-electron chi connectivity index (χ4n) is 2.93. The lowest BCUT2D eigenvalue weighted by atomic mass is 10.1. The second-order valence-electron chi connectivity index (χ2n) is 5.93. The Hall–Kier alpha value is -3.33. The van der Waals surface area contributed by atoms with Crippen molar-refractivity contribution in [2.45, 2.75) is 0 Å². The molecule has 1 aliphatic heterocycles. The highest BCUT2D eigenvalue weighted by atomic mass is 15.2. The number of nitrogens with one attached hydrogen (secondary N) is 1. The van der Waals surface area contributed by atoms with Gasteiger partial charge in [-0.05, 0) is 18.2 Å². The van der Waals surface area contributed by atoms with Gasteiger partial charge in [0.25, 0.3) is 0 Å². The molecule has 9 heteroatoms. The van der Waals surface area contributed by atoms with E-state index in [0.717, 1.165) is 43.1 Å². The number of nitrogens with zero attached hydrogens (tertiary/aromatic N) is 6. The molecule has 0 unspecified atom stereocenters. The maximum absolute atomic E-state index is 5.80. The molecule has 0 aromatic carbocycles. The number of nitrogens with two attached hydrogens (primary N) is 2. The third-order valence-electron chi connectivity index (χ3n) is 4.22. The Balaban J connectivity index is 1.72. The van der Waals surface area contributed by atoms with Gasteiger partial charge in [0.15, 0.2) is 0 Å². The highest BCUT2D eigenvalue weighted by molar-refractivity contribution is 5.79. The van der Waals surface area contributed by atoms with Crippen LogP contribution in [0.4, 0.5) is 17.7 Å². The average Bonchev–Trinajstić information content (AvgIpc) is 2.69. The largest absolute Gasteiger partial charge is 0.368 e. The molecule has 1 aliphatic rings. The molecule has 0 spiro atoms. The first-order valence-corrected chi connectivity index (χ1v) is 8.34. The summed E-state index contributed by atoms with van der Waals surface area (Å²) in [7, 11) is 0. The number of hydrogen-bond acceptors (Lipinski definition) is 9. The third kappa shape index (κ3) is 3.24. The molecule has 0 amide bonds. The summed E-state index contributed by atoms with van der Waals surface area (Å²) in [5.41, 5.74) is 14.4. The first kappa shape index (κ1) is 16.2. The summed E-state index contributed by atoms with van der Waals surface area (Å²) >= 11 is 0. The Morgan fingerprint density at radius 1 is 0.885 bits per heavy atom. The van der Waals surface area contributed by atoms with Crippen LogP contribution in [0.25, 0.3) is 22.5 Å². The van der Waals surface area contributed by atoms with Gasteiger partial charge in [0.1, 0.15) is 5.82 Å². The monoisotopic (exact) mass is 349 g/mol. The summed E-state index contributed by atoms with van der Waals surface area (Å²) in [4.78, 5) is 23.5. The van der Waals surface area contributed by atoms with Gasteiger partial charge in [0.2, 0.25) is 11.9 Å². The number of nitrogen functional groups attached to an aromatic ring is 2. The Bertz CT molecular complexity index is 904. The van der Waals surface area contributed by atoms with E-state index in [4.69, 9.17) is 11.5 Å². The molecule has 3 aromatic rings. The zero-order chi connectivity index (χ0) is 17.9. The van der Waals surface area contributed by atoms with Gasteiger partial charge in [0, 0.05) is 55.9 Å². The maximum atomic E-state index is 5.80. The van der Waals surface area contributed by atoms with Crippen LogP contribution < -0.4 is 21.7 Å². The van der Waals surface area contributed by atoms with Crippen LogP contribution in [0.3, 0.4) is 0 Å². The van der Waals surface area contributed by atoms with E-state index in [9.17, 15) is 0 Å². The minimum atomic E-state index is 0.192. The topological polar surface area (TPSA) is 132 Å². The lowest BCUT2D eigenvalue weighted by molar-refractivity contribution is 0.585. The van der Waals surface area contributed by atoms with Crippen molar-refractivity contribution in [3.8, 4) is 22.5 Å². The molecule has 9 nitrogen and oxygen atoms in total. The van der Waals surface area contributed by atoms with Crippen molar-refractivity contribution >= 4 is 17.7 Å². The first-order valence-electron chi connectivity index (χ1n) is 8.34. The molecule has 1 fully saturated rings. The Morgan fingerprint density at radius 2 is 1.69 bits per heavy atom. The summed E-state index contributed by atoms with van der Waals surface area (Å²) in [6, 6.07) is 5.74. The molecular formula is C17H19N9. The van der Waals surface area contributed by atoms with E-state index in [1.807, 2.05) is 12.1 Å². The van der Waals surface area contributed by atoms with Gasteiger partial charge in [-0.3, -0.25) is 0 Å². The van der Waals surface area contributed by atoms with Crippen LogP contribution in [-0.4, -0.2) is 51.1 Å². The van der Waals surface area contributed by atoms with Crippen molar-refractivity contribution < 1.29 is 0 Å². The van der Waals surface area contributed by atoms with Crippen LogP contribution >= 0.6 is 0 Å². The number of aromatic nitrogens is 5. The van der Waals surface area contributed by atoms with Gasteiger partial charge in [-0.25, -0.2) is 24.9 Å². The number of piperazine rings is 1. The molecule has 0 bridgehead atoms. The molecule has 4 heterocycles. The summed E-state index contributed by atoms with van der Waals surface area (Å²) in [6.07, 6.45) is 5.04. The van der Waals surface area contributed by atoms with Crippen molar-refractivity contribution in [3.05, 3.63) is 36.8 Å². The molecule has 26 heavy (non-hydrogen) atoms. The summed E-state index contributed by atoms with van der Waals surface area (Å²) in [6.45, 7) is 3.81. The first-order chi connectivity index (χ1) is 12.7. The summed E-state index contributed by atoms with van der Waals surface area (Å²) < 4.78 is 0.